The molecule has 6 heteroatoms. The Labute approximate surface area is 104 Å². The molecule has 5 nitrogen and oxygen atoms in total. The van der Waals surface area contributed by atoms with Crippen molar-refractivity contribution in [3.05, 3.63) is 28.5 Å². The van der Waals surface area contributed by atoms with Crippen molar-refractivity contribution in [1.29, 1.82) is 0 Å². The first-order chi connectivity index (χ1) is 8.27. The average Bonchev–Trinajstić information content (AvgIpc) is 2.95. The van der Waals surface area contributed by atoms with E-state index in [9.17, 15) is 0 Å². The van der Waals surface area contributed by atoms with Gasteiger partial charge in [-0.2, -0.15) is 5.10 Å². The Morgan fingerprint density at radius 1 is 1.53 bits per heavy atom. The van der Waals surface area contributed by atoms with Gasteiger partial charge in [-0.05, 0) is 6.54 Å². The zero-order valence-electron chi connectivity index (χ0n) is 10.2. The van der Waals surface area contributed by atoms with E-state index in [1.165, 1.54) is 0 Å². The van der Waals surface area contributed by atoms with Gasteiger partial charge in [-0.3, -0.25) is 9.67 Å². The number of methoxy groups -OCH3 is 1. The third-order valence-corrected chi connectivity index (χ3v) is 3.43. The lowest BCUT2D eigenvalue weighted by atomic mass is 10.1. The second-order valence-corrected chi connectivity index (χ2v) is 4.53. The van der Waals surface area contributed by atoms with Crippen LogP contribution in [0.4, 0.5) is 0 Å². The van der Waals surface area contributed by atoms with E-state index in [4.69, 9.17) is 4.74 Å². The largest absolute Gasteiger partial charge is 0.493 e. The number of hydrogen-bond donors (Lipinski definition) is 1. The normalized spacial score (nSPS) is 12.6. The van der Waals surface area contributed by atoms with Crippen molar-refractivity contribution >= 4 is 11.3 Å². The monoisotopic (exact) mass is 252 g/mol. The molecule has 0 aliphatic carbocycles. The summed E-state index contributed by atoms with van der Waals surface area (Å²) in [5.74, 6) is 0.798. The van der Waals surface area contributed by atoms with Gasteiger partial charge >= 0.3 is 0 Å². The maximum atomic E-state index is 5.35. The van der Waals surface area contributed by atoms with Crippen molar-refractivity contribution in [1.82, 2.24) is 20.1 Å². The van der Waals surface area contributed by atoms with Crippen molar-refractivity contribution in [2.45, 2.75) is 13.0 Å². The maximum Gasteiger partial charge on any atom is 0.161 e. The van der Waals surface area contributed by atoms with Crippen LogP contribution in [0.2, 0.25) is 0 Å². The van der Waals surface area contributed by atoms with Gasteiger partial charge in [0.15, 0.2) is 5.75 Å². The van der Waals surface area contributed by atoms with E-state index in [0.717, 1.165) is 22.9 Å². The molecule has 0 spiro atoms. The van der Waals surface area contributed by atoms with Crippen LogP contribution in [0, 0.1) is 0 Å². The highest BCUT2D eigenvalue weighted by Crippen LogP contribution is 2.30. The standard InChI is InChI=1S/C11H16N4OS/c1-4-13-10(9-6-12-7-17-9)11-8(16-3)5-14-15(11)2/h5-7,10,13H,4H2,1-3H3. The predicted octanol–water partition coefficient (Wildman–Crippen LogP) is 1.58. The summed E-state index contributed by atoms with van der Waals surface area (Å²) in [7, 11) is 3.58. The summed E-state index contributed by atoms with van der Waals surface area (Å²) in [5, 5.41) is 7.67. The molecule has 17 heavy (non-hydrogen) atoms. The summed E-state index contributed by atoms with van der Waals surface area (Å²) >= 11 is 1.63. The van der Waals surface area contributed by atoms with E-state index in [2.05, 4.69) is 22.3 Å². The van der Waals surface area contributed by atoms with E-state index in [0.29, 0.717) is 0 Å². The highest BCUT2D eigenvalue weighted by atomic mass is 32.1. The van der Waals surface area contributed by atoms with E-state index < -0.39 is 0 Å². The Morgan fingerprint density at radius 3 is 2.94 bits per heavy atom. The molecule has 0 saturated heterocycles. The van der Waals surface area contributed by atoms with E-state index in [1.807, 2.05) is 23.4 Å². The molecule has 2 aromatic rings. The van der Waals surface area contributed by atoms with Crippen LogP contribution < -0.4 is 10.1 Å². The molecule has 0 bridgehead atoms. The fraction of sp³-hybridized carbons (Fsp3) is 0.455. The van der Waals surface area contributed by atoms with Crippen LogP contribution in [0.3, 0.4) is 0 Å². The Hall–Kier alpha value is -1.40. The van der Waals surface area contributed by atoms with E-state index >= 15 is 0 Å². The minimum atomic E-state index is 0.0787. The number of aryl methyl sites for hydroxylation is 1. The molecule has 0 radical (unpaired) electrons. The van der Waals surface area contributed by atoms with Crippen LogP contribution in [0.15, 0.2) is 17.9 Å². The molecule has 2 rings (SSSR count). The van der Waals surface area contributed by atoms with Crippen molar-refractivity contribution in [2.75, 3.05) is 13.7 Å². The number of nitrogens with zero attached hydrogens (tertiary/aromatic N) is 3. The number of rotatable bonds is 5. The molecule has 0 fully saturated rings. The number of ether oxygens (including phenoxy) is 1. The zero-order chi connectivity index (χ0) is 12.3. The molecule has 1 N–H and O–H groups in total. The van der Waals surface area contributed by atoms with Crippen LogP contribution in [0.1, 0.15) is 23.5 Å². The lowest BCUT2D eigenvalue weighted by Crippen LogP contribution is -2.24. The van der Waals surface area contributed by atoms with Gasteiger partial charge in [0, 0.05) is 18.1 Å². The number of thiazole rings is 1. The number of nitrogens with one attached hydrogen (secondary N) is 1. The minimum Gasteiger partial charge on any atom is -0.493 e. The van der Waals surface area contributed by atoms with E-state index in [1.54, 1.807) is 24.6 Å². The van der Waals surface area contributed by atoms with Crippen molar-refractivity contribution in [3.8, 4) is 5.75 Å². The van der Waals surface area contributed by atoms with E-state index in [-0.39, 0.29) is 6.04 Å². The fourth-order valence-electron chi connectivity index (χ4n) is 1.82. The lowest BCUT2D eigenvalue weighted by molar-refractivity contribution is 0.401. The molecule has 2 heterocycles. The van der Waals surface area contributed by atoms with Crippen LogP contribution in [-0.4, -0.2) is 28.4 Å². The average molecular weight is 252 g/mol. The highest BCUT2D eigenvalue weighted by molar-refractivity contribution is 7.09. The molecule has 0 aliphatic rings. The number of aromatic nitrogens is 3. The summed E-state index contributed by atoms with van der Waals surface area (Å²) in [6, 6.07) is 0.0787. The first-order valence-corrected chi connectivity index (χ1v) is 6.33. The summed E-state index contributed by atoms with van der Waals surface area (Å²) in [4.78, 5) is 5.29. The highest BCUT2D eigenvalue weighted by Gasteiger charge is 2.22. The Balaban J connectivity index is 2.42. The topological polar surface area (TPSA) is 52.0 Å². The van der Waals surface area contributed by atoms with Gasteiger partial charge in [0.1, 0.15) is 5.69 Å². The van der Waals surface area contributed by atoms with Crippen molar-refractivity contribution in [3.63, 3.8) is 0 Å². The van der Waals surface area contributed by atoms with Crippen molar-refractivity contribution < 1.29 is 4.74 Å². The predicted molar refractivity (Wildman–Crippen MR) is 67.4 cm³/mol. The lowest BCUT2D eigenvalue weighted by Gasteiger charge is -2.17. The molecule has 0 saturated carbocycles. The van der Waals surface area contributed by atoms with Gasteiger partial charge in [-0.1, -0.05) is 6.92 Å². The molecule has 0 amide bonds. The van der Waals surface area contributed by atoms with Crippen LogP contribution >= 0.6 is 11.3 Å². The number of hydrogen-bond acceptors (Lipinski definition) is 5. The molecule has 1 atom stereocenters. The van der Waals surface area contributed by atoms with Gasteiger partial charge in [0.25, 0.3) is 0 Å². The zero-order valence-corrected chi connectivity index (χ0v) is 11.0. The Bertz CT molecular complexity index is 466. The third-order valence-electron chi connectivity index (χ3n) is 2.59. The second-order valence-electron chi connectivity index (χ2n) is 3.62. The van der Waals surface area contributed by atoms with Crippen LogP contribution in [-0.2, 0) is 7.05 Å². The molecular formula is C11H16N4OS. The van der Waals surface area contributed by atoms with Crippen molar-refractivity contribution in [2.24, 2.45) is 7.05 Å². The third kappa shape index (κ3) is 2.32. The SMILES string of the molecule is CCNC(c1cncs1)c1c(OC)cnn1C. The summed E-state index contributed by atoms with van der Waals surface area (Å²) in [6.45, 7) is 2.95. The second kappa shape index (κ2) is 5.29. The molecule has 0 aromatic carbocycles. The fourth-order valence-corrected chi connectivity index (χ4v) is 2.51. The molecule has 2 aromatic heterocycles. The quantitative estimate of drug-likeness (QED) is 0.878. The molecular weight excluding hydrogens is 236 g/mol. The molecule has 1 unspecified atom stereocenters. The minimum absolute atomic E-state index is 0.0787. The van der Waals surface area contributed by atoms with Gasteiger partial charge in [-0.25, -0.2) is 0 Å². The Morgan fingerprint density at radius 2 is 2.35 bits per heavy atom. The van der Waals surface area contributed by atoms with Crippen LogP contribution in [0.25, 0.3) is 0 Å². The van der Waals surface area contributed by atoms with Gasteiger partial charge < -0.3 is 10.1 Å². The van der Waals surface area contributed by atoms with Gasteiger partial charge in [-0.15, -0.1) is 11.3 Å². The maximum absolute atomic E-state index is 5.35. The molecule has 0 aliphatic heterocycles. The molecule has 92 valence electrons. The van der Waals surface area contributed by atoms with Gasteiger partial charge in [0.2, 0.25) is 0 Å². The first-order valence-electron chi connectivity index (χ1n) is 5.45. The smallest absolute Gasteiger partial charge is 0.161 e. The van der Waals surface area contributed by atoms with Gasteiger partial charge in [0.05, 0.1) is 24.9 Å². The summed E-state index contributed by atoms with van der Waals surface area (Å²) < 4.78 is 7.19. The van der Waals surface area contributed by atoms with Crippen LogP contribution in [0.5, 0.6) is 5.75 Å². The summed E-state index contributed by atoms with van der Waals surface area (Å²) in [5.41, 5.74) is 2.86. The summed E-state index contributed by atoms with van der Waals surface area (Å²) in [6.07, 6.45) is 3.62. The first kappa shape index (κ1) is 12.1. The Kier molecular flexibility index (Phi) is 3.75.